The number of aryl methyl sites for hydroxylation is 1. The van der Waals surface area contributed by atoms with Crippen LogP contribution < -0.4 is 14.4 Å². The number of thiocarbonyl (C=S) groups is 1. The molecule has 1 aliphatic rings. The largest absolute Gasteiger partial charge is 0.490 e. The van der Waals surface area contributed by atoms with Crippen LogP contribution in [0.2, 0.25) is 10.0 Å². The van der Waals surface area contributed by atoms with Gasteiger partial charge in [0, 0.05) is 15.6 Å². The molecule has 3 aromatic rings. The average Bonchev–Trinajstić information content (AvgIpc) is 3.08. The fraction of sp³-hybridized carbons (Fsp3) is 0.120. The molecule has 0 N–H and O–H groups in total. The zero-order valence-electron chi connectivity index (χ0n) is 17.6. The molecule has 1 amide bonds. The van der Waals surface area contributed by atoms with Gasteiger partial charge < -0.3 is 9.47 Å². The number of benzene rings is 3. The summed E-state index contributed by atoms with van der Waals surface area (Å²) in [6, 6.07) is 20.1. The summed E-state index contributed by atoms with van der Waals surface area (Å²) in [7, 11) is 0. The number of thioether (sulfide) groups is 1. The minimum Gasteiger partial charge on any atom is -0.490 e. The predicted molar refractivity (Wildman–Crippen MR) is 141 cm³/mol. The standard InChI is InChI=1S/C25H19Cl2NO3S2/c1-16-13-20(8-9-21(16)27)30-11-12-31-22-10-7-18(26)14-17(22)15-23-24(29)28(25(32)33-23)19-5-3-2-4-6-19/h2-10,13-15H,11-12H2,1H3/b23-15-. The van der Waals surface area contributed by atoms with E-state index in [0.29, 0.717) is 43.8 Å². The van der Waals surface area contributed by atoms with Gasteiger partial charge in [0.25, 0.3) is 5.91 Å². The molecule has 8 heteroatoms. The first-order chi connectivity index (χ1) is 15.9. The van der Waals surface area contributed by atoms with Crippen molar-refractivity contribution in [3.8, 4) is 11.5 Å². The van der Waals surface area contributed by atoms with Crippen LogP contribution in [-0.4, -0.2) is 23.4 Å². The quantitative estimate of drug-likeness (QED) is 0.189. The first-order valence-electron chi connectivity index (χ1n) is 10.1. The molecule has 1 fully saturated rings. The lowest BCUT2D eigenvalue weighted by Gasteiger charge is -2.14. The summed E-state index contributed by atoms with van der Waals surface area (Å²) in [5.41, 5.74) is 2.38. The van der Waals surface area contributed by atoms with E-state index in [1.54, 1.807) is 30.3 Å². The second-order valence-electron chi connectivity index (χ2n) is 7.14. The van der Waals surface area contributed by atoms with Gasteiger partial charge in [-0.1, -0.05) is 65.4 Å². The molecule has 1 heterocycles. The summed E-state index contributed by atoms with van der Waals surface area (Å²) in [6.45, 7) is 2.58. The molecule has 1 saturated heterocycles. The fourth-order valence-corrected chi connectivity index (χ4v) is 4.78. The number of amides is 1. The summed E-state index contributed by atoms with van der Waals surface area (Å²) in [5.74, 6) is 1.14. The van der Waals surface area contributed by atoms with Crippen LogP contribution >= 0.6 is 47.2 Å². The van der Waals surface area contributed by atoms with Crippen LogP contribution in [0, 0.1) is 6.92 Å². The summed E-state index contributed by atoms with van der Waals surface area (Å²) in [6.07, 6.45) is 1.76. The summed E-state index contributed by atoms with van der Waals surface area (Å²) in [5, 5.41) is 1.24. The maximum Gasteiger partial charge on any atom is 0.270 e. The monoisotopic (exact) mass is 515 g/mol. The van der Waals surface area contributed by atoms with Crippen molar-refractivity contribution in [2.75, 3.05) is 18.1 Å². The number of anilines is 1. The van der Waals surface area contributed by atoms with Crippen molar-refractivity contribution in [3.05, 3.63) is 92.8 Å². The molecule has 0 aromatic heterocycles. The molecular formula is C25H19Cl2NO3S2. The highest BCUT2D eigenvalue weighted by Crippen LogP contribution is 2.37. The van der Waals surface area contributed by atoms with E-state index < -0.39 is 0 Å². The Labute approximate surface area is 212 Å². The zero-order valence-corrected chi connectivity index (χ0v) is 20.7. The third-order valence-corrected chi connectivity index (χ3v) is 6.77. The lowest BCUT2D eigenvalue weighted by atomic mass is 10.1. The normalized spacial score (nSPS) is 14.8. The van der Waals surface area contributed by atoms with Crippen LogP contribution in [0.25, 0.3) is 6.08 Å². The van der Waals surface area contributed by atoms with Crippen molar-refractivity contribution >= 4 is 69.2 Å². The number of ether oxygens (including phenoxy) is 2. The molecule has 1 aliphatic heterocycles. The van der Waals surface area contributed by atoms with Gasteiger partial charge >= 0.3 is 0 Å². The third kappa shape index (κ3) is 5.71. The van der Waals surface area contributed by atoms with Crippen LogP contribution in [-0.2, 0) is 4.79 Å². The second-order valence-corrected chi connectivity index (χ2v) is 9.66. The average molecular weight is 516 g/mol. The molecule has 4 nitrogen and oxygen atoms in total. The minimum atomic E-state index is -0.177. The van der Waals surface area contributed by atoms with E-state index in [1.165, 1.54) is 16.7 Å². The smallest absolute Gasteiger partial charge is 0.270 e. The number of nitrogens with zero attached hydrogens (tertiary/aromatic N) is 1. The van der Waals surface area contributed by atoms with Crippen LogP contribution in [0.1, 0.15) is 11.1 Å². The van der Waals surface area contributed by atoms with E-state index in [4.69, 9.17) is 44.9 Å². The van der Waals surface area contributed by atoms with E-state index in [2.05, 4.69) is 0 Å². The van der Waals surface area contributed by atoms with Crippen molar-refractivity contribution in [1.82, 2.24) is 0 Å². The Bertz CT molecular complexity index is 1230. The molecule has 0 atom stereocenters. The Hall–Kier alpha value is -2.51. The van der Waals surface area contributed by atoms with Crippen molar-refractivity contribution in [3.63, 3.8) is 0 Å². The number of rotatable bonds is 7. The number of hydrogen-bond donors (Lipinski definition) is 0. The summed E-state index contributed by atoms with van der Waals surface area (Å²) in [4.78, 5) is 15.1. The van der Waals surface area contributed by atoms with Gasteiger partial charge in [-0.25, -0.2) is 0 Å². The van der Waals surface area contributed by atoms with Gasteiger partial charge in [0.2, 0.25) is 0 Å². The Morgan fingerprint density at radius 2 is 1.76 bits per heavy atom. The van der Waals surface area contributed by atoms with Gasteiger partial charge in [0.05, 0.1) is 10.6 Å². The Balaban J connectivity index is 1.46. The molecule has 0 spiro atoms. The zero-order chi connectivity index (χ0) is 23.4. The number of carbonyl (C=O) groups excluding carboxylic acids is 1. The van der Waals surface area contributed by atoms with Crippen LogP contribution in [0.15, 0.2) is 71.6 Å². The van der Waals surface area contributed by atoms with Gasteiger partial charge in [-0.2, -0.15) is 0 Å². The molecule has 168 valence electrons. The molecule has 0 saturated carbocycles. The van der Waals surface area contributed by atoms with Gasteiger partial charge in [-0.3, -0.25) is 9.69 Å². The SMILES string of the molecule is Cc1cc(OCCOc2ccc(Cl)cc2/C=C2\SC(=S)N(c3ccccc3)C2=O)ccc1Cl. The van der Waals surface area contributed by atoms with E-state index >= 15 is 0 Å². The third-order valence-electron chi connectivity index (χ3n) is 4.81. The van der Waals surface area contributed by atoms with E-state index in [9.17, 15) is 4.79 Å². The van der Waals surface area contributed by atoms with E-state index in [-0.39, 0.29) is 5.91 Å². The molecule has 4 rings (SSSR count). The Morgan fingerprint density at radius 1 is 1.00 bits per heavy atom. The topological polar surface area (TPSA) is 38.8 Å². The first kappa shape index (κ1) is 23.6. The molecule has 0 bridgehead atoms. The van der Waals surface area contributed by atoms with Gasteiger partial charge in [-0.05, 0) is 67.1 Å². The molecular weight excluding hydrogens is 497 g/mol. The van der Waals surface area contributed by atoms with Crippen LogP contribution in [0.3, 0.4) is 0 Å². The first-order valence-corrected chi connectivity index (χ1v) is 12.0. The van der Waals surface area contributed by atoms with Gasteiger partial charge in [0.1, 0.15) is 24.7 Å². The highest BCUT2D eigenvalue weighted by molar-refractivity contribution is 8.27. The van der Waals surface area contributed by atoms with E-state index in [1.807, 2.05) is 49.4 Å². The lowest BCUT2D eigenvalue weighted by Crippen LogP contribution is -2.27. The highest BCUT2D eigenvalue weighted by atomic mass is 35.5. The Morgan fingerprint density at radius 3 is 2.52 bits per heavy atom. The van der Waals surface area contributed by atoms with Crippen LogP contribution in [0.5, 0.6) is 11.5 Å². The molecule has 33 heavy (non-hydrogen) atoms. The Kier molecular flexibility index (Phi) is 7.60. The van der Waals surface area contributed by atoms with E-state index in [0.717, 1.165) is 17.0 Å². The van der Waals surface area contributed by atoms with Crippen molar-refractivity contribution < 1.29 is 14.3 Å². The second kappa shape index (κ2) is 10.6. The fourth-order valence-electron chi connectivity index (χ4n) is 3.19. The van der Waals surface area contributed by atoms with Crippen molar-refractivity contribution in [2.45, 2.75) is 6.92 Å². The number of hydrogen-bond acceptors (Lipinski definition) is 5. The minimum absolute atomic E-state index is 0.177. The number of carbonyl (C=O) groups is 1. The predicted octanol–water partition coefficient (Wildman–Crippen LogP) is 7.17. The number of para-hydroxylation sites is 1. The van der Waals surface area contributed by atoms with Crippen molar-refractivity contribution in [1.29, 1.82) is 0 Å². The lowest BCUT2D eigenvalue weighted by molar-refractivity contribution is -0.113. The molecule has 3 aromatic carbocycles. The summed E-state index contributed by atoms with van der Waals surface area (Å²) >= 11 is 19.0. The van der Waals surface area contributed by atoms with Crippen LogP contribution in [0.4, 0.5) is 5.69 Å². The maximum atomic E-state index is 13.0. The molecule has 0 radical (unpaired) electrons. The van der Waals surface area contributed by atoms with Gasteiger partial charge in [0.15, 0.2) is 4.32 Å². The molecule has 0 unspecified atom stereocenters. The number of halogens is 2. The van der Waals surface area contributed by atoms with Crippen molar-refractivity contribution in [2.24, 2.45) is 0 Å². The summed E-state index contributed by atoms with van der Waals surface area (Å²) < 4.78 is 12.2. The van der Waals surface area contributed by atoms with Gasteiger partial charge in [-0.15, -0.1) is 0 Å². The maximum absolute atomic E-state index is 13.0. The highest BCUT2D eigenvalue weighted by Gasteiger charge is 2.33. The molecule has 0 aliphatic carbocycles.